The van der Waals surface area contributed by atoms with Crippen LogP contribution in [-0.4, -0.2) is 83.1 Å². The number of ether oxygens (including phenoxy) is 3. The van der Waals surface area contributed by atoms with Gasteiger partial charge in [-0.3, -0.25) is 19.3 Å². The Morgan fingerprint density at radius 1 is 1.28 bits per heavy atom. The van der Waals surface area contributed by atoms with E-state index in [1.54, 1.807) is 20.8 Å². The van der Waals surface area contributed by atoms with E-state index in [2.05, 4.69) is 15.5 Å². The molecule has 4 heterocycles. The minimum Gasteiger partial charge on any atom is -0.427 e. The van der Waals surface area contributed by atoms with Crippen molar-refractivity contribution in [3.05, 3.63) is 22.3 Å². The van der Waals surface area contributed by atoms with E-state index in [-0.39, 0.29) is 22.6 Å². The van der Waals surface area contributed by atoms with Crippen molar-refractivity contribution in [1.82, 2.24) is 15.2 Å². The fourth-order valence-electron chi connectivity index (χ4n) is 4.21. The molecule has 1 aromatic rings. The molecule has 0 aliphatic carbocycles. The van der Waals surface area contributed by atoms with E-state index in [4.69, 9.17) is 24.8 Å². The molecule has 13 nitrogen and oxygen atoms in total. The predicted molar refractivity (Wildman–Crippen MR) is 142 cm³/mol. The molecule has 3 N–H and O–H groups in total. The highest BCUT2D eigenvalue weighted by Crippen LogP contribution is 2.43. The van der Waals surface area contributed by atoms with Crippen LogP contribution in [0, 0.1) is 5.41 Å². The van der Waals surface area contributed by atoms with Gasteiger partial charge in [0.2, 0.25) is 6.79 Å². The number of thiazole rings is 1. The zero-order valence-corrected chi connectivity index (χ0v) is 23.7. The van der Waals surface area contributed by atoms with Gasteiger partial charge in [0, 0.05) is 18.6 Å². The highest BCUT2D eigenvalue weighted by molar-refractivity contribution is 8.00. The maximum absolute atomic E-state index is 13.3. The number of nitrogen functional groups attached to an aromatic ring is 1. The number of β-lactam (4-membered cyclic amide) rings is 1. The molecule has 39 heavy (non-hydrogen) atoms. The molecular formula is C24H31N5O8S2. The zero-order valence-electron chi connectivity index (χ0n) is 22.1. The van der Waals surface area contributed by atoms with Crippen molar-refractivity contribution in [2.45, 2.75) is 57.6 Å². The molecule has 0 saturated carbocycles. The first-order valence-corrected chi connectivity index (χ1v) is 14.2. The molecule has 2 fully saturated rings. The summed E-state index contributed by atoms with van der Waals surface area (Å²) in [7, 11) is 1.29. The van der Waals surface area contributed by atoms with Gasteiger partial charge in [-0.25, -0.2) is 9.78 Å². The van der Waals surface area contributed by atoms with E-state index in [0.29, 0.717) is 29.2 Å². The van der Waals surface area contributed by atoms with Gasteiger partial charge in [0.25, 0.3) is 11.8 Å². The molecule has 2 saturated heterocycles. The van der Waals surface area contributed by atoms with Crippen LogP contribution in [0.4, 0.5) is 5.13 Å². The number of amides is 2. The average molecular weight is 582 g/mol. The van der Waals surface area contributed by atoms with E-state index in [9.17, 15) is 19.2 Å². The molecule has 4 rings (SSSR count). The summed E-state index contributed by atoms with van der Waals surface area (Å²) in [6, 6.07) is -0.926. The molecular weight excluding hydrogens is 550 g/mol. The van der Waals surface area contributed by atoms with Gasteiger partial charge in [-0.2, -0.15) is 0 Å². The number of rotatable bonds is 8. The highest BCUT2D eigenvalue weighted by atomic mass is 32.2. The molecule has 0 radical (unpaired) electrons. The van der Waals surface area contributed by atoms with Crippen LogP contribution in [0.25, 0.3) is 0 Å². The number of oxime groups is 1. The van der Waals surface area contributed by atoms with Crippen molar-refractivity contribution in [3.63, 3.8) is 0 Å². The van der Waals surface area contributed by atoms with Gasteiger partial charge in [-0.15, -0.1) is 11.8 Å². The third-order valence-electron chi connectivity index (χ3n) is 6.19. The Morgan fingerprint density at radius 3 is 2.67 bits per heavy atom. The maximum Gasteiger partial charge on any atom is 0.358 e. The van der Waals surface area contributed by atoms with E-state index < -0.39 is 47.4 Å². The lowest BCUT2D eigenvalue weighted by Crippen LogP contribution is -2.71. The third kappa shape index (κ3) is 6.20. The van der Waals surface area contributed by atoms with Crippen LogP contribution in [0.2, 0.25) is 0 Å². The van der Waals surface area contributed by atoms with E-state index in [1.807, 2.05) is 0 Å². The predicted octanol–water partition coefficient (Wildman–Crippen LogP) is 1.39. The molecule has 0 unspecified atom stereocenters. The van der Waals surface area contributed by atoms with Crippen molar-refractivity contribution in [2.24, 2.45) is 10.6 Å². The van der Waals surface area contributed by atoms with Gasteiger partial charge < -0.3 is 30.1 Å². The van der Waals surface area contributed by atoms with Crippen LogP contribution in [0.5, 0.6) is 0 Å². The second-order valence-corrected chi connectivity index (χ2v) is 12.2. The first-order chi connectivity index (χ1) is 18.5. The lowest BCUT2D eigenvalue weighted by atomic mass is 9.96. The highest BCUT2D eigenvalue weighted by Gasteiger charge is 2.55. The SMILES string of the molecule is CO/N=C(\C(=O)N[C@@H]1C(=O)N2C(C(=O)OCOC(=O)C(C)(C)C)=C([C@H]3CCCCO3)CS[C@H]12)c1cnc(N)s1. The van der Waals surface area contributed by atoms with Gasteiger partial charge in [0.1, 0.15) is 24.2 Å². The Kier molecular flexibility index (Phi) is 8.81. The number of nitrogens with two attached hydrogens (primary N) is 1. The third-order valence-corrected chi connectivity index (χ3v) is 8.33. The van der Waals surface area contributed by atoms with E-state index in [0.717, 1.165) is 24.2 Å². The molecule has 3 aliphatic heterocycles. The number of carbonyl (C=O) groups excluding carboxylic acids is 4. The molecule has 15 heteroatoms. The second-order valence-electron chi connectivity index (χ2n) is 10.0. The summed E-state index contributed by atoms with van der Waals surface area (Å²) >= 11 is 2.45. The zero-order chi connectivity index (χ0) is 28.3. The maximum atomic E-state index is 13.3. The quantitative estimate of drug-likeness (QED) is 0.149. The lowest BCUT2D eigenvalue weighted by Gasteiger charge is -2.50. The Bertz CT molecular complexity index is 1200. The Labute approximate surface area is 233 Å². The van der Waals surface area contributed by atoms with Crippen LogP contribution in [0.3, 0.4) is 0 Å². The van der Waals surface area contributed by atoms with E-state index >= 15 is 0 Å². The summed E-state index contributed by atoms with van der Waals surface area (Å²) in [4.78, 5) is 62.1. The Balaban J connectivity index is 1.52. The number of hydrogen-bond donors (Lipinski definition) is 2. The van der Waals surface area contributed by atoms with Crippen molar-refractivity contribution < 1.29 is 38.2 Å². The summed E-state index contributed by atoms with van der Waals surface area (Å²) in [5, 5.41) is 6.14. The average Bonchev–Trinajstić information content (AvgIpc) is 3.34. The topological polar surface area (TPSA) is 172 Å². The summed E-state index contributed by atoms with van der Waals surface area (Å²) in [5.41, 5.74) is 5.54. The molecule has 212 valence electrons. The molecule has 3 aliphatic rings. The summed E-state index contributed by atoms with van der Waals surface area (Å²) in [6.45, 7) is 5.00. The van der Waals surface area contributed by atoms with Crippen LogP contribution >= 0.6 is 23.1 Å². The standard InChI is InChI=1S/C24H31N5O8S2/c1-24(2,3)22(33)37-11-36-21(32)17-12(13-7-5-6-8-35-13)10-38-20-16(19(31)29(17)20)27-18(30)15(28-34-4)14-9-26-23(25)39-14/h9,13,16,20H,5-8,10-11H2,1-4H3,(H2,25,26)(H,27,30)/b28-15-/t13-,16-,20-/m1/s1. The molecule has 1 aromatic heterocycles. The second kappa shape index (κ2) is 11.9. The molecule has 3 atom stereocenters. The Hall–Kier alpha value is -3.17. The van der Waals surface area contributed by atoms with Gasteiger partial charge in [-0.05, 0) is 45.6 Å². The molecule has 0 aromatic carbocycles. The van der Waals surface area contributed by atoms with Crippen LogP contribution in [0.15, 0.2) is 22.6 Å². The van der Waals surface area contributed by atoms with Gasteiger partial charge in [0.05, 0.1) is 16.4 Å². The molecule has 0 bridgehead atoms. The fraction of sp³-hybridized carbons (Fsp3) is 0.583. The lowest BCUT2D eigenvalue weighted by molar-refractivity contribution is -0.173. The summed E-state index contributed by atoms with van der Waals surface area (Å²) in [6.07, 6.45) is 3.58. The molecule has 0 spiro atoms. The molecule has 2 amide bonds. The number of anilines is 1. The number of nitrogens with zero attached hydrogens (tertiary/aromatic N) is 3. The van der Waals surface area contributed by atoms with Crippen LogP contribution < -0.4 is 11.1 Å². The minimum absolute atomic E-state index is 0.0639. The summed E-state index contributed by atoms with van der Waals surface area (Å²) < 4.78 is 16.3. The first kappa shape index (κ1) is 28.8. The van der Waals surface area contributed by atoms with Crippen molar-refractivity contribution in [2.75, 3.05) is 32.0 Å². The van der Waals surface area contributed by atoms with Crippen LogP contribution in [-0.2, 0) is 38.2 Å². The van der Waals surface area contributed by atoms with Gasteiger partial charge in [-0.1, -0.05) is 16.5 Å². The monoisotopic (exact) mass is 581 g/mol. The number of fused-ring (bicyclic) bond motifs is 1. The Morgan fingerprint density at radius 2 is 2.05 bits per heavy atom. The van der Waals surface area contributed by atoms with Crippen molar-refractivity contribution in [3.8, 4) is 0 Å². The smallest absolute Gasteiger partial charge is 0.358 e. The number of hydrogen-bond acceptors (Lipinski definition) is 13. The van der Waals surface area contributed by atoms with Gasteiger partial charge in [0.15, 0.2) is 10.8 Å². The van der Waals surface area contributed by atoms with E-state index in [1.165, 1.54) is 30.0 Å². The number of esters is 2. The van der Waals surface area contributed by atoms with Crippen LogP contribution in [0.1, 0.15) is 44.9 Å². The minimum atomic E-state index is -0.926. The number of nitrogens with one attached hydrogen (secondary N) is 1. The number of carbonyl (C=O) groups is 4. The number of thioether (sulfide) groups is 1. The van der Waals surface area contributed by atoms with Crippen molar-refractivity contribution >= 4 is 57.7 Å². The largest absolute Gasteiger partial charge is 0.427 e. The number of aromatic nitrogens is 1. The fourth-order valence-corrected chi connectivity index (χ4v) is 6.28. The van der Waals surface area contributed by atoms with Gasteiger partial charge >= 0.3 is 11.9 Å². The van der Waals surface area contributed by atoms with Crippen molar-refractivity contribution in [1.29, 1.82) is 0 Å². The first-order valence-electron chi connectivity index (χ1n) is 12.3. The summed E-state index contributed by atoms with van der Waals surface area (Å²) in [5.74, 6) is -2.08. The normalized spacial score (nSPS) is 23.5.